The van der Waals surface area contributed by atoms with Crippen LogP contribution in [0.25, 0.3) is 11.0 Å². The highest BCUT2D eigenvalue weighted by atomic mass is 32.2. The molecule has 0 radical (unpaired) electrons. The second-order valence-corrected chi connectivity index (χ2v) is 9.11. The van der Waals surface area contributed by atoms with E-state index in [1.165, 1.54) is 17.1 Å². The quantitative estimate of drug-likeness (QED) is 0.353. The number of aromatic nitrogens is 4. The first-order valence-corrected chi connectivity index (χ1v) is 11.8. The maximum absolute atomic E-state index is 12.9. The van der Waals surface area contributed by atoms with E-state index in [1.54, 1.807) is 13.1 Å². The van der Waals surface area contributed by atoms with E-state index in [9.17, 15) is 8.42 Å². The lowest BCUT2D eigenvalue weighted by Crippen LogP contribution is -2.15. The lowest BCUT2D eigenvalue weighted by molar-refractivity contribution is 0.483. The number of hydrogen-bond acceptors (Lipinski definition) is 7. The molecule has 0 amide bonds. The summed E-state index contributed by atoms with van der Waals surface area (Å²) in [4.78, 5) is 9.11. The summed E-state index contributed by atoms with van der Waals surface area (Å²) in [7, 11) is -2.27. The largest absolute Gasteiger partial charge is 0.457 e. The highest BCUT2D eigenvalue weighted by Crippen LogP contribution is 2.29. The molecule has 5 aromatic rings. The minimum atomic E-state index is -3.91. The van der Waals surface area contributed by atoms with E-state index in [0.717, 1.165) is 5.75 Å². The van der Waals surface area contributed by atoms with Gasteiger partial charge in [-0.15, -0.1) is 0 Å². The van der Waals surface area contributed by atoms with Gasteiger partial charge in [-0.05, 0) is 48.5 Å². The van der Waals surface area contributed by atoms with E-state index < -0.39 is 10.0 Å². The van der Waals surface area contributed by atoms with E-state index in [0.29, 0.717) is 22.5 Å². The van der Waals surface area contributed by atoms with E-state index in [4.69, 9.17) is 4.74 Å². The normalized spacial score (nSPS) is 11.3. The topological polar surface area (TPSA) is 111 Å². The number of sulfonamides is 1. The number of benzene rings is 3. The molecular weight excluding hydrogens is 452 g/mol. The SMILES string of the molecule is Cn1cc(S(=O)(=O)Nc2nc3ccccc3nc2Nc2ccc(Oc3ccccc3)cc2)cn1. The first kappa shape index (κ1) is 21.4. The molecule has 9 nitrogen and oxygen atoms in total. The van der Waals surface area contributed by atoms with Crippen molar-refractivity contribution >= 4 is 38.4 Å². The van der Waals surface area contributed by atoms with E-state index in [2.05, 4.69) is 25.1 Å². The summed E-state index contributed by atoms with van der Waals surface area (Å²) in [6, 6.07) is 23.9. The van der Waals surface area contributed by atoms with Crippen molar-refractivity contribution < 1.29 is 13.2 Å². The van der Waals surface area contributed by atoms with Crippen molar-refractivity contribution in [1.82, 2.24) is 19.7 Å². The van der Waals surface area contributed by atoms with Gasteiger partial charge >= 0.3 is 0 Å². The third-order valence-corrected chi connectivity index (χ3v) is 6.18. The predicted octanol–water partition coefficient (Wildman–Crippen LogP) is 4.70. The van der Waals surface area contributed by atoms with E-state index in [-0.39, 0.29) is 16.5 Å². The molecule has 0 bridgehead atoms. The van der Waals surface area contributed by atoms with Crippen LogP contribution in [0.3, 0.4) is 0 Å². The summed E-state index contributed by atoms with van der Waals surface area (Å²) in [6.45, 7) is 0. The average Bonchev–Trinajstić information content (AvgIpc) is 3.29. The smallest absolute Gasteiger partial charge is 0.266 e. The summed E-state index contributed by atoms with van der Waals surface area (Å²) in [5, 5.41) is 7.09. The van der Waals surface area contributed by atoms with Gasteiger partial charge in [-0.3, -0.25) is 9.40 Å². The van der Waals surface area contributed by atoms with Crippen molar-refractivity contribution in [2.75, 3.05) is 10.0 Å². The fraction of sp³-hybridized carbons (Fsp3) is 0.0417. The van der Waals surface area contributed by atoms with Crippen LogP contribution in [-0.4, -0.2) is 28.2 Å². The predicted molar refractivity (Wildman–Crippen MR) is 130 cm³/mol. The molecule has 0 atom stereocenters. The van der Waals surface area contributed by atoms with Gasteiger partial charge in [-0.2, -0.15) is 5.10 Å². The molecule has 10 heteroatoms. The van der Waals surface area contributed by atoms with Crippen LogP contribution in [0.15, 0.2) is 96.2 Å². The van der Waals surface area contributed by atoms with Crippen molar-refractivity contribution in [3.8, 4) is 11.5 Å². The van der Waals surface area contributed by atoms with Gasteiger partial charge < -0.3 is 10.1 Å². The Hall–Kier alpha value is -4.44. The zero-order valence-corrected chi connectivity index (χ0v) is 18.9. The molecule has 170 valence electrons. The molecule has 2 N–H and O–H groups in total. The lowest BCUT2D eigenvalue weighted by Gasteiger charge is -2.14. The van der Waals surface area contributed by atoms with Gasteiger partial charge in [0.15, 0.2) is 11.6 Å². The third-order valence-electron chi connectivity index (χ3n) is 4.89. The van der Waals surface area contributed by atoms with Gasteiger partial charge in [0.05, 0.1) is 17.2 Å². The van der Waals surface area contributed by atoms with Crippen LogP contribution in [0.2, 0.25) is 0 Å². The molecule has 0 aliphatic heterocycles. The minimum absolute atomic E-state index is 0.0262. The first-order valence-electron chi connectivity index (χ1n) is 10.3. The molecular formula is C24H20N6O3S. The van der Waals surface area contributed by atoms with E-state index >= 15 is 0 Å². The van der Waals surface area contributed by atoms with E-state index in [1.807, 2.05) is 72.8 Å². The molecule has 0 aliphatic carbocycles. The maximum Gasteiger partial charge on any atom is 0.266 e. The number of ether oxygens (including phenoxy) is 1. The van der Waals surface area contributed by atoms with Gasteiger partial charge in [0.2, 0.25) is 0 Å². The van der Waals surface area contributed by atoms with Crippen molar-refractivity contribution in [3.05, 3.63) is 91.3 Å². The standard InChI is InChI=1S/C24H20N6O3S/c1-30-16-20(15-25-30)34(31,32)29-24-23(27-21-9-5-6-10-22(21)28-24)26-17-11-13-19(14-12-17)33-18-7-3-2-4-8-18/h2-16H,1H3,(H,26,27)(H,28,29). The number of fused-ring (bicyclic) bond motifs is 1. The maximum atomic E-state index is 12.9. The molecule has 0 saturated carbocycles. The molecule has 34 heavy (non-hydrogen) atoms. The molecule has 0 aliphatic rings. The molecule has 5 rings (SSSR count). The Morgan fingerprint density at radius 2 is 1.41 bits per heavy atom. The Balaban J connectivity index is 1.45. The summed E-state index contributed by atoms with van der Waals surface area (Å²) in [5.41, 5.74) is 1.87. The second kappa shape index (κ2) is 8.83. The number of aryl methyl sites for hydroxylation is 1. The zero-order chi connectivity index (χ0) is 23.5. The number of para-hydroxylation sites is 3. The molecule has 0 unspecified atom stereocenters. The van der Waals surface area contributed by atoms with Gasteiger partial charge in [-0.25, -0.2) is 18.4 Å². The van der Waals surface area contributed by atoms with Crippen molar-refractivity contribution in [2.24, 2.45) is 7.05 Å². The van der Waals surface area contributed by atoms with Gasteiger partial charge in [0.25, 0.3) is 10.0 Å². The average molecular weight is 473 g/mol. The molecule has 2 heterocycles. The van der Waals surface area contributed by atoms with Gasteiger partial charge in [0.1, 0.15) is 16.4 Å². The van der Waals surface area contributed by atoms with Gasteiger partial charge in [-0.1, -0.05) is 30.3 Å². The second-order valence-electron chi connectivity index (χ2n) is 7.43. The number of rotatable bonds is 7. The molecule has 0 spiro atoms. The fourth-order valence-corrected chi connectivity index (χ4v) is 4.24. The fourth-order valence-electron chi connectivity index (χ4n) is 3.25. The monoisotopic (exact) mass is 472 g/mol. The summed E-state index contributed by atoms with van der Waals surface area (Å²) in [6.07, 6.45) is 2.69. The third kappa shape index (κ3) is 4.66. The Morgan fingerprint density at radius 1 is 0.794 bits per heavy atom. The van der Waals surface area contributed by atoms with Crippen molar-refractivity contribution in [3.63, 3.8) is 0 Å². The highest BCUT2D eigenvalue weighted by molar-refractivity contribution is 7.92. The van der Waals surface area contributed by atoms with Crippen molar-refractivity contribution in [2.45, 2.75) is 4.90 Å². The highest BCUT2D eigenvalue weighted by Gasteiger charge is 2.20. The summed E-state index contributed by atoms with van der Waals surface area (Å²) < 4.78 is 35.6. The Labute approximate surface area is 196 Å². The van der Waals surface area contributed by atoms with Crippen LogP contribution in [0.5, 0.6) is 11.5 Å². The zero-order valence-electron chi connectivity index (χ0n) is 18.1. The van der Waals surface area contributed by atoms with Crippen LogP contribution >= 0.6 is 0 Å². The van der Waals surface area contributed by atoms with Crippen LogP contribution in [-0.2, 0) is 17.1 Å². The Bertz CT molecular complexity index is 1550. The Morgan fingerprint density at radius 3 is 2.06 bits per heavy atom. The number of hydrogen-bond donors (Lipinski definition) is 2. The molecule has 0 fully saturated rings. The number of anilines is 3. The lowest BCUT2D eigenvalue weighted by atomic mass is 10.3. The van der Waals surface area contributed by atoms with Gasteiger partial charge in [0, 0.05) is 18.9 Å². The number of nitrogens with zero attached hydrogens (tertiary/aromatic N) is 4. The Kier molecular flexibility index (Phi) is 5.56. The van der Waals surface area contributed by atoms with Crippen molar-refractivity contribution in [1.29, 1.82) is 0 Å². The molecule has 3 aromatic carbocycles. The summed E-state index contributed by atoms with van der Waals surface area (Å²) in [5.74, 6) is 1.74. The first-order chi connectivity index (χ1) is 16.5. The van der Waals surface area contributed by atoms with Crippen LogP contribution < -0.4 is 14.8 Å². The van der Waals surface area contributed by atoms with Crippen LogP contribution in [0.4, 0.5) is 17.3 Å². The minimum Gasteiger partial charge on any atom is -0.457 e. The van der Waals surface area contributed by atoms with Crippen LogP contribution in [0, 0.1) is 0 Å². The summed E-state index contributed by atoms with van der Waals surface area (Å²) >= 11 is 0. The molecule has 2 aromatic heterocycles. The molecule has 0 saturated heterocycles. The number of nitrogens with one attached hydrogen (secondary N) is 2. The van der Waals surface area contributed by atoms with Crippen LogP contribution in [0.1, 0.15) is 0 Å².